The standard InChI is InChI=1S/C5H10N4.C5H6N4.2C4H5N5.6C3H9N3.2C2H7N3/c1-7-5(8-4-6)9(2)3;1-5(8-7-2)9(3)4-6;1-9(3-6)4(7)8-2-5;1-7-4(8-2-5)9-3-6;2*1-6(2)3(4)5;4*1-5-3(4)6-2;2*1-5-2(3)4/h1-3H3,(H,7,8);8H,1H2,3H3;1H3,(H2,7,8);1H3,(H2,7,8,9);2*1-2H3,(H3,4,5);4*1-2H3,(H3,4,5,6);2*1H3,(H4,3,4,5). The van der Waals surface area contributed by atoms with Gasteiger partial charge in [-0.05, 0) is 0 Å². The highest BCUT2D eigenvalue weighted by molar-refractivity contribution is 5.82. The summed E-state index contributed by atoms with van der Waals surface area (Å²) in [4.78, 5) is 41.2. The van der Waals surface area contributed by atoms with Crippen LogP contribution in [0.5, 0.6) is 0 Å². The van der Waals surface area contributed by atoms with E-state index in [9.17, 15) is 0 Å². The van der Waals surface area contributed by atoms with Gasteiger partial charge in [0.15, 0.2) is 84.5 Å². The van der Waals surface area contributed by atoms with E-state index in [0.717, 1.165) is 9.80 Å². The Bertz CT molecular complexity index is 2070. The third-order valence-corrected chi connectivity index (χ3v) is 6.24. The van der Waals surface area contributed by atoms with Crippen LogP contribution < -0.4 is 106 Å². The number of nitrogens with two attached hydrogens (primary N) is 11. The van der Waals surface area contributed by atoms with Gasteiger partial charge in [-0.25, -0.2) is 0 Å². The average Bonchev–Trinajstić information content (AvgIpc) is 3.46. The highest BCUT2D eigenvalue weighted by Crippen LogP contribution is 1.88. The molecule has 0 aliphatic rings. The van der Waals surface area contributed by atoms with Gasteiger partial charge in [0.1, 0.15) is 0 Å². The minimum Gasteiger partial charge on any atom is -0.370 e. The molecule has 0 fully saturated rings. The number of nitrogens with one attached hydrogen (secondary N) is 10. The molecule has 82 heavy (non-hydrogen) atoms. The first-order valence-corrected chi connectivity index (χ1v) is 21.5. The van der Waals surface area contributed by atoms with Gasteiger partial charge in [-0.2, -0.15) is 43.1 Å². The molecule has 464 valence electrons. The van der Waals surface area contributed by atoms with E-state index in [4.69, 9.17) is 112 Å². The SMILES string of the molecule is CN(C#N)C(N)=NC#N.CN(C)C(=N)N.CN(C)C(=N)N.CN=C(N)N.CN=C(N)N.CN=C(N)NC.CN=C(N)NC.CN=C(N)NC.CN=C(N)NC.CN=C(NC#N)N(C)C.CN=C(NC#N)NC#N.[C-]#[N+]NC(=C)N(C)C#N. The largest absolute Gasteiger partial charge is 0.370 e. The van der Waals surface area contributed by atoms with Gasteiger partial charge in [0.2, 0.25) is 24.1 Å². The highest BCUT2D eigenvalue weighted by Gasteiger charge is 1.99. The molecule has 0 aliphatic heterocycles. The lowest BCUT2D eigenvalue weighted by Crippen LogP contribution is -2.32. The molecule has 0 aromatic rings. The van der Waals surface area contributed by atoms with Crippen molar-refractivity contribution in [1.82, 2.24) is 67.1 Å². The summed E-state index contributed by atoms with van der Waals surface area (Å²) in [7, 11) is 33.0. The van der Waals surface area contributed by atoms with Crippen molar-refractivity contribution in [3.05, 3.63) is 23.9 Å². The van der Waals surface area contributed by atoms with E-state index in [1.165, 1.54) is 51.2 Å². The zero-order valence-electron chi connectivity index (χ0n) is 50.9. The van der Waals surface area contributed by atoms with Crippen LogP contribution in [0, 0.1) is 86.1 Å². The summed E-state index contributed by atoms with van der Waals surface area (Å²) in [5.41, 5.74) is 56.9. The summed E-state index contributed by atoms with van der Waals surface area (Å²) >= 11 is 0. The Balaban J connectivity index is -0.0000000656. The molecule has 0 saturated heterocycles. The van der Waals surface area contributed by atoms with E-state index < -0.39 is 0 Å². The van der Waals surface area contributed by atoms with E-state index in [1.807, 2.05) is 14.1 Å². The highest BCUT2D eigenvalue weighted by atomic mass is 15.4. The predicted molar refractivity (Wildman–Crippen MR) is 331 cm³/mol. The van der Waals surface area contributed by atoms with Crippen molar-refractivity contribution in [3.8, 4) is 37.2 Å². The van der Waals surface area contributed by atoms with Gasteiger partial charge < -0.3 is 99.0 Å². The van der Waals surface area contributed by atoms with Crippen molar-refractivity contribution >= 4 is 65.6 Å². The van der Waals surface area contributed by atoms with Crippen LogP contribution in [0.15, 0.2) is 57.3 Å². The Hall–Kier alpha value is -12.3. The number of aliphatic imine (C=N–C) groups is 9. The maximum atomic E-state index is 8.20. The molecule has 0 aromatic heterocycles. The number of nitrogens with zero attached hydrogens (tertiary/aromatic N) is 21. The first-order chi connectivity index (χ1) is 38.1. The summed E-state index contributed by atoms with van der Waals surface area (Å²) in [6.07, 6.45) is 9.90. The summed E-state index contributed by atoms with van der Waals surface area (Å²) in [6.45, 7) is 9.71. The van der Waals surface area contributed by atoms with E-state index in [0.29, 0.717) is 29.8 Å². The number of hydrogen-bond donors (Lipinski definition) is 21. The number of hydrogen-bond acceptors (Lipinski definition) is 19. The van der Waals surface area contributed by atoms with Gasteiger partial charge in [-0.15, -0.1) is 4.99 Å². The van der Waals surface area contributed by atoms with Gasteiger partial charge in [0.25, 0.3) is 0 Å². The fourth-order valence-electron chi connectivity index (χ4n) is 1.49. The molecule has 0 amide bonds. The topological polar surface area (TPSA) is 705 Å². The summed E-state index contributed by atoms with van der Waals surface area (Å²) < 4.78 is 0. The zero-order valence-corrected chi connectivity index (χ0v) is 50.9. The van der Waals surface area contributed by atoms with E-state index in [-0.39, 0.29) is 41.6 Å². The van der Waals surface area contributed by atoms with Crippen molar-refractivity contribution in [2.45, 2.75) is 0 Å². The minimum atomic E-state index is -0.0972. The molecule has 42 nitrogen and oxygen atoms in total. The molecule has 0 radical (unpaired) electrons. The third-order valence-electron chi connectivity index (χ3n) is 6.24. The molecular formula is C40H94N42. The monoisotopic (exact) mass is 1160 g/mol. The molecule has 0 bridgehead atoms. The van der Waals surface area contributed by atoms with Crippen molar-refractivity contribution in [3.63, 3.8) is 0 Å². The Morgan fingerprint density at radius 3 is 0.841 bits per heavy atom. The van der Waals surface area contributed by atoms with Crippen LogP contribution in [0.3, 0.4) is 0 Å². The van der Waals surface area contributed by atoms with E-state index in [2.05, 4.69) is 99.1 Å². The van der Waals surface area contributed by atoms with Crippen LogP contribution >= 0.6 is 0 Å². The molecule has 32 N–H and O–H groups in total. The first-order valence-electron chi connectivity index (χ1n) is 21.5. The van der Waals surface area contributed by atoms with Crippen LogP contribution in [0.1, 0.15) is 0 Å². The fourth-order valence-corrected chi connectivity index (χ4v) is 1.49. The van der Waals surface area contributed by atoms with Crippen molar-refractivity contribution in [2.75, 3.05) is 141 Å². The lowest BCUT2D eigenvalue weighted by atomic mass is 10.7. The molecule has 0 spiro atoms. The van der Waals surface area contributed by atoms with E-state index in [1.54, 1.807) is 127 Å². The maximum Gasteiger partial charge on any atom is 0.220 e. The Kier molecular flexibility index (Phi) is 96.6. The zero-order chi connectivity index (χ0) is 67.8. The van der Waals surface area contributed by atoms with Gasteiger partial charge in [0, 0.05) is 141 Å². The van der Waals surface area contributed by atoms with Gasteiger partial charge >= 0.3 is 0 Å². The fraction of sp³-hybridized carbons (Fsp3) is 0.500. The molecule has 0 rings (SSSR count). The van der Waals surface area contributed by atoms with E-state index >= 15 is 0 Å². The molecule has 0 atom stereocenters. The Labute approximate surface area is 484 Å². The number of guanidine groups is 11. The van der Waals surface area contributed by atoms with Crippen LogP contribution in [0.2, 0.25) is 0 Å². The lowest BCUT2D eigenvalue weighted by molar-refractivity contribution is 0.554. The molecule has 0 aromatic carbocycles. The van der Waals surface area contributed by atoms with Crippen molar-refractivity contribution < 1.29 is 0 Å². The van der Waals surface area contributed by atoms with Crippen LogP contribution in [-0.4, -0.2) is 231 Å². The second-order valence-electron chi connectivity index (χ2n) is 12.6. The number of nitriles is 6. The second kappa shape index (κ2) is 80.1. The average molecular weight is 1160 g/mol. The Morgan fingerprint density at radius 2 is 0.732 bits per heavy atom. The summed E-state index contributed by atoms with van der Waals surface area (Å²) in [6, 6.07) is 0. The lowest BCUT2D eigenvalue weighted by Gasteiger charge is -2.11. The molecule has 0 heterocycles. The van der Waals surface area contributed by atoms with Crippen LogP contribution in [0.4, 0.5) is 0 Å². The molecule has 0 unspecified atom stereocenters. The summed E-state index contributed by atoms with van der Waals surface area (Å²) in [5, 5.41) is 79.0. The third kappa shape index (κ3) is 117. The van der Waals surface area contributed by atoms with Gasteiger partial charge in [-0.1, -0.05) is 12.0 Å². The van der Waals surface area contributed by atoms with Gasteiger partial charge in [-0.3, -0.25) is 76.5 Å². The van der Waals surface area contributed by atoms with Crippen LogP contribution in [-0.2, 0) is 0 Å². The minimum absolute atomic E-state index is 0.0926. The molecule has 0 aliphatic carbocycles. The molecular weight excluding hydrogens is 1070 g/mol. The normalized spacial score (nSPS) is 8.79. The van der Waals surface area contributed by atoms with Crippen LogP contribution in [0.25, 0.3) is 4.95 Å². The smallest absolute Gasteiger partial charge is 0.220 e. The quantitative estimate of drug-likeness (QED) is 0.0305. The first kappa shape index (κ1) is 98.8. The number of rotatable bonds is 2. The van der Waals surface area contributed by atoms with Crippen molar-refractivity contribution in [2.24, 2.45) is 108 Å². The molecule has 0 saturated carbocycles. The van der Waals surface area contributed by atoms with Crippen molar-refractivity contribution in [1.29, 1.82) is 42.4 Å². The van der Waals surface area contributed by atoms with Gasteiger partial charge in [0.05, 0.1) is 0 Å². The predicted octanol–water partition coefficient (Wildman–Crippen LogP) is -8.53. The Morgan fingerprint density at radius 1 is 0.463 bits per heavy atom. The maximum absolute atomic E-state index is 8.20. The second-order valence-corrected chi connectivity index (χ2v) is 12.6. The molecule has 42 heteroatoms. The summed E-state index contributed by atoms with van der Waals surface area (Å²) in [5.74, 6) is 3.22.